The Morgan fingerprint density at radius 3 is 2.81 bits per heavy atom. The number of carbonyl (C=O) groups is 1. The number of thioether (sulfide) groups is 1. The normalized spacial score (nSPS) is 21.7. The molecule has 0 saturated carbocycles. The molecule has 1 amide bonds. The van der Waals surface area contributed by atoms with Gasteiger partial charge in [0.25, 0.3) is 0 Å². The van der Waals surface area contributed by atoms with Gasteiger partial charge in [-0.2, -0.15) is 11.8 Å². The van der Waals surface area contributed by atoms with Gasteiger partial charge in [0.05, 0.1) is 12.3 Å². The molecule has 1 fully saturated rings. The lowest BCUT2D eigenvalue weighted by Crippen LogP contribution is -2.50. The number of nitrogens with one attached hydrogen (secondary N) is 3. The van der Waals surface area contributed by atoms with Crippen molar-refractivity contribution < 1.29 is 13.2 Å². The van der Waals surface area contributed by atoms with Crippen LogP contribution in [0, 0.1) is 0 Å². The van der Waals surface area contributed by atoms with Gasteiger partial charge in [0.15, 0.2) is 0 Å². The number of rotatable bonds is 5. The summed E-state index contributed by atoms with van der Waals surface area (Å²) in [6.45, 7) is 1.38. The Hall–Kier alpha value is -0.310. The van der Waals surface area contributed by atoms with Crippen LogP contribution in [-0.2, 0) is 14.8 Å². The molecule has 1 aliphatic rings. The maximum absolute atomic E-state index is 11.6. The van der Waals surface area contributed by atoms with E-state index in [-0.39, 0.29) is 18.5 Å². The molecule has 0 bridgehead atoms. The molecular formula is C8H17N3O3S2. The van der Waals surface area contributed by atoms with Crippen LogP contribution in [0.3, 0.4) is 0 Å². The highest BCUT2D eigenvalue weighted by molar-refractivity contribution is 7.99. The summed E-state index contributed by atoms with van der Waals surface area (Å²) in [6.07, 6.45) is 1.09. The third-order valence-electron chi connectivity index (χ3n) is 2.03. The van der Waals surface area contributed by atoms with Crippen LogP contribution in [0.25, 0.3) is 0 Å². The maximum atomic E-state index is 11.6. The summed E-state index contributed by atoms with van der Waals surface area (Å²) in [5.41, 5.74) is 0. The summed E-state index contributed by atoms with van der Waals surface area (Å²) >= 11 is 1.74. The lowest BCUT2D eigenvalue weighted by molar-refractivity contribution is -0.122. The Labute approximate surface area is 100.0 Å². The smallest absolute Gasteiger partial charge is 0.238 e. The first-order chi connectivity index (χ1) is 7.49. The standard InChI is InChI=1S/C8H17N3O3S2/c1-16(13,14)11-3-2-10-8(12)7-6-15-5-4-9-7/h7,9,11H,2-6H2,1H3,(H,10,12). The van der Waals surface area contributed by atoms with Crippen molar-refractivity contribution in [2.75, 3.05) is 37.4 Å². The molecule has 94 valence electrons. The monoisotopic (exact) mass is 267 g/mol. The van der Waals surface area contributed by atoms with Gasteiger partial charge in [0.1, 0.15) is 0 Å². The first kappa shape index (κ1) is 13.8. The van der Waals surface area contributed by atoms with E-state index < -0.39 is 10.0 Å². The highest BCUT2D eigenvalue weighted by Gasteiger charge is 2.20. The second-order valence-corrected chi connectivity index (χ2v) is 6.52. The van der Waals surface area contributed by atoms with Crippen LogP contribution in [0.1, 0.15) is 0 Å². The molecule has 0 aromatic heterocycles. The molecule has 1 saturated heterocycles. The number of sulfonamides is 1. The quantitative estimate of drug-likeness (QED) is 0.520. The zero-order valence-electron chi connectivity index (χ0n) is 9.15. The Balaban J connectivity index is 2.14. The Morgan fingerprint density at radius 1 is 1.50 bits per heavy atom. The van der Waals surface area contributed by atoms with E-state index in [9.17, 15) is 13.2 Å². The largest absolute Gasteiger partial charge is 0.353 e. The van der Waals surface area contributed by atoms with Crippen molar-refractivity contribution in [1.29, 1.82) is 0 Å². The number of hydrogen-bond acceptors (Lipinski definition) is 5. The van der Waals surface area contributed by atoms with Crippen molar-refractivity contribution >= 4 is 27.7 Å². The van der Waals surface area contributed by atoms with Gasteiger partial charge in [-0.25, -0.2) is 13.1 Å². The van der Waals surface area contributed by atoms with Crippen molar-refractivity contribution in [2.45, 2.75) is 6.04 Å². The average molecular weight is 267 g/mol. The summed E-state index contributed by atoms with van der Waals surface area (Å²) in [4.78, 5) is 11.6. The van der Waals surface area contributed by atoms with Gasteiger partial charge in [-0.05, 0) is 0 Å². The third kappa shape index (κ3) is 5.69. The predicted octanol–water partition coefficient (Wildman–Crippen LogP) is -1.64. The third-order valence-corrected chi connectivity index (χ3v) is 3.82. The van der Waals surface area contributed by atoms with Gasteiger partial charge in [-0.3, -0.25) is 4.79 Å². The minimum absolute atomic E-state index is 0.0671. The molecule has 0 aliphatic carbocycles. The minimum atomic E-state index is -3.17. The molecule has 0 aromatic rings. The molecule has 1 unspecified atom stereocenters. The van der Waals surface area contributed by atoms with E-state index in [4.69, 9.17) is 0 Å². The van der Waals surface area contributed by atoms with Crippen LogP contribution in [0.4, 0.5) is 0 Å². The van der Waals surface area contributed by atoms with Crippen LogP contribution < -0.4 is 15.4 Å². The van der Waals surface area contributed by atoms with E-state index >= 15 is 0 Å². The van der Waals surface area contributed by atoms with Crippen molar-refractivity contribution in [3.05, 3.63) is 0 Å². The molecule has 1 aliphatic heterocycles. The van der Waals surface area contributed by atoms with Gasteiger partial charge in [0.2, 0.25) is 15.9 Å². The molecule has 16 heavy (non-hydrogen) atoms. The molecule has 0 aromatic carbocycles. The van der Waals surface area contributed by atoms with Crippen LogP contribution in [0.5, 0.6) is 0 Å². The summed E-state index contributed by atoms with van der Waals surface area (Å²) in [5.74, 6) is 1.73. The first-order valence-corrected chi connectivity index (χ1v) is 8.07. The highest BCUT2D eigenvalue weighted by Crippen LogP contribution is 2.07. The molecule has 1 atom stereocenters. The molecule has 3 N–H and O–H groups in total. The van der Waals surface area contributed by atoms with Gasteiger partial charge >= 0.3 is 0 Å². The molecular weight excluding hydrogens is 250 g/mol. The molecule has 0 spiro atoms. The number of carbonyl (C=O) groups excluding carboxylic acids is 1. The van der Waals surface area contributed by atoms with Gasteiger partial charge in [0, 0.05) is 31.1 Å². The lowest BCUT2D eigenvalue weighted by atomic mass is 10.3. The molecule has 1 rings (SSSR count). The fourth-order valence-electron chi connectivity index (χ4n) is 1.28. The van der Waals surface area contributed by atoms with Crippen molar-refractivity contribution in [3.8, 4) is 0 Å². The maximum Gasteiger partial charge on any atom is 0.238 e. The molecule has 6 nitrogen and oxygen atoms in total. The van der Waals surface area contributed by atoms with Crippen molar-refractivity contribution in [1.82, 2.24) is 15.4 Å². The summed E-state index contributed by atoms with van der Waals surface area (Å²) in [6, 6.07) is -0.156. The lowest BCUT2D eigenvalue weighted by Gasteiger charge is -2.22. The van der Waals surface area contributed by atoms with E-state index in [0.717, 1.165) is 24.3 Å². The number of hydrogen-bond donors (Lipinski definition) is 3. The zero-order chi connectivity index (χ0) is 12.0. The van der Waals surface area contributed by atoms with Crippen molar-refractivity contribution in [2.24, 2.45) is 0 Å². The topological polar surface area (TPSA) is 87.3 Å². The van der Waals surface area contributed by atoms with E-state index in [1.807, 2.05) is 0 Å². The van der Waals surface area contributed by atoms with Gasteiger partial charge in [-0.1, -0.05) is 0 Å². The first-order valence-electron chi connectivity index (χ1n) is 5.02. The zero-order valence-corrected chi connectivity index (χ0v) is 10.8. The van der Waals surface area contributed by atoms with Gasteiger partial charge < -0.3 is 10.6 Å². The predicted molar refractivity (Wildman–Crippen MR) is 65.0 cm³/mol. The highest BCUT2D eigenvalue weighted by atomic mass is 32.2. The van der Waals surface area contributed by atoms with Crippen LogP contribution in [-0.4, -0.2) is 57.8 Å². The minimum Gasteiger partial charge on any atom is -0.353 e. The average Bonchev–Trinajstić information content (AvgIpc) is 2.24. The van der Waals surface area contributed by atoms with Crippen molar-refractivity contribution in [3.63, 3.8) is 0 Å². The van der Waals surface area contributed by atoms with Crippen LogP contribution in [0.15, 0.2) is 0 Å². The SMILES string of the molecule is CS(=O)(=O)NCCNC(=O)C1CSCCN1. The Bertz CT molecular complexity index is 325. The molecule has 1 heterocycles. The fraction of sp³-hybridized carbons (Fsp3) is 0.875. The van der Waals surface area contributed by atoms with E-state index in [2.05, 4.69) is 15.4 Å². The molecule has 8 heteroatoms. The second-order valence-electron chi connectivity index (χ2n) is 3.54. The van der Waals surface area contributed by atoms with E-state index in [1.54, 1.807) is 11.8 Å². The van der Waals surface area contributed by atoms with E-state index in [0.29, 0.717) is 6.54 Å². The van der Waals surface area contributed by atoms with Crippen LogP contribution >= 0.6 is 11.8 Å². The summed E-state index contributed by atoms with van der Waals surface area (Å²) < 4.78 is 23.8. The fourth-order valence-corrected chi connectivity index (χ4v) is 2.69. The Morgan fingerprint density at radius 2 is 2.25 bits per heavy atom. The summed E-state index contributed by atoms with van der Waals surface area (Å²) in [7, 11) is -3.17. The number of amides is 1. The second kappa shape index (κ2) is 6.43. The van der Waals surface area contributed by atoms with Gasteiger partial charge in [-0.15, -0.1) is 0 Å². The van der Waals surface area contributed by atoms with Crippen LogP contribution in [0.2, 0.25) is 0 Å². The Kier molecular flexibility index (Phi) is 5.53. The summed E-state index contributed by atoms with van der Waals surface area (Å²) in [5, 5.41) is 5.79. The molecule has 0 radical (unpaired) electrons. The van der Waals surface area contributed by atoms with E-state index in [1.165, 1.54) is 0 Å².